The molecule has 0 aliphatic carbocycles. The molecule has 0 aromatic carbocycles. The van der Waals surface area contributed by atoms with Crippen molar-refractivity contribution < 1.29 is 14.2 Å². The minimum atomic E-state index is -0.234. The van der Waals surface area contributed by atoms with Crippen LogP contribution in [0.25, 0.3) is 0 Å². The molecule has 0 aliphatic rings. The van der Waals surface area contributed by atoms with Crippen LogP contribution in [0.5, 0.6) is 0 Å². The topological polar surface area (TPSA) is 57.0 Å². The Kier molecular flexibility index (Phi) is 9.56. The summed E-state index contributed by atoms with van der Waals surface area (Å²) in [7, 11) is 5.05. The molecule has 0 aromatic rings. The fraction of sp³-hybridized carbons (Fsp3) is 1.00. The fourth-order valence-electron chi connectivity index (χ4n) is 2.37. The summed E-state index contributed by atoms with van der Waals surface area (Å²) in [6.07, 6.45) is 1.58. The summed E-state index contributed by atoms with van der Waals surface area (Å²) in [5.41, 5.74) is 5.87. The van der Waals surface area contributed by atoms with Crippen LogP contribution in [0.1, 0.15) is 33.6 Å². The van der Waals surface area contributed by atoms with Crippen molar-refractivity contribution in [1.82, 2.24) is 4.90 Å². The van der Waals surface area contributed by atoms with Crippen LogP contribution in [0.4, 0.5) is 0 Å². The van der Waals surface area contributed by atoms with E-state index in [0.717, 1.165) is 19.4 Å². The molecule has 0 amide bonds. The standard InChI is InChI=1S/C14H32N2O3/c1-7-12(2)16(8-9-17-4)14(3,11-15)10-13(18-5)19-6/h12-13H,7-11,15H2,1-6H3. The normalized spacial score (nSPS) is 16.9. The molecule has 19 heavy (non-hydrogen) atoms. The van der Waals surface area contributed by atoms with E-state index in [1.807, 2.05) is 0 Å². The van der Waals surface area contributed by atoms with Crippen LogP contribution in [0.3, 0.4) is 0 Å². The Hall–Kier alpha value is -0.200. The number of hydrogen-bond donors (Lipinski definition) is 1. The van der Waals surface area contributed by atoms with Crippen LogP contribution >= 0.6 is 0 Å². The van der Waals surface area contributed by atoms with Gasteiger partial charge in [-0.3, -0.25) is 4.90 Å². The summed E-state index contributed by atoms with van der Waals surface area (Å²) in [6, 6.07) is 0.443. The maximum atomic E-state index is 6.04. The van der Waals surface area contributed by atoms with Crippen LogP contribution in [0.15, 0.2) is 0 Å². The van der Waals surface area contributed by atoms with Crippen molar-refractivity contribution in [2.45, 2.75) is 51.5 Å². The molecule has 0 spiro atoms. The molecular formula is C14H32N2O3. The van der Waals surface area contributed by atoms with Crippen molar-refractivity contribution in [2.75, 3.05) is 41.0 Å². The molecule has 0 rings (SSSR count). The van der Waals surface area contributed by atoms with Crippen LogP contribution in [0.2, 0.25) is 0 Å². The van der Waals surface area contributed by atoms with Crippen LogP contribution in [-0.2, 0) is 14.2 Å². The van der Waals surface area contributed by atoms with Gasteiger partial charge in [0, 0.05) is 52.4 Å². The van der Waals surface area contributed by atoms with Crippen molar-refractivity contribution in [3.05, 3.63) is 0 Å². The van der Waals surface area contributed by atoms with Gasteiger partial charge < -0.3 is 19.9 Å². The van der Waals surface area contributed by atoms with Gasteiger partial charge in [0.25, 0.3) is 0 Å². The van der Waals surface area contributed by atoms with Gasteiger partial charge in [-0.05, 0) is 20.3 Å². The van der Waals surface area contributed by atoms with E-state index in [-0.39, 0.29) is 11.8 Å². The molecule has 2 atom stereocenters. The van der Waals surface area contributed by atoms with E-state index >= 15 is 0 Å². The second-order valence-electron chi connectivity index (χ2n) is 5.25. The Morgan fingerprint density at radius 3 is 2.16 bits per heavy atom. The summed E-state index contributed by atoms with van der Waals surface area (Å²) in [6.45, 7) is 8.69. The Labute approximate surface area is 118 Å². The summed E-state index contributed by atoms with van der Waals surface area (Å²) in [4.78, 5) is 2.40. The first-order chi connectivity index (χ1) is 8.98. The Balaban J connectivity index is 4.95. The first-order valence-electron chi connectivity index (χ1n) is 7.00. The Morgan fingerprint density at radius 1 is 1.21 bits per heavy atom. The molecule has 0 aromatic heterocycles. The zero-order chi connectivity index (χ0) is 14.9. The van der Waals surface area contributed by atoms with Gasteiger partial charge in [0.15, 0.2) is 6.29 Å². The van der Waals surface area contributed by atoms with Crippen molar-refractivity contribution in [2.24, 2.45) is 5.73 Å². The van der Waals surface area contributed by atoms with Crippen molar-refractivity contribution in [3.8, 4) is 0 Å². The number of rotatable bonds is 11. The zero-order valence-corrected chi connectivity index (χ0v) is 13.4. The van der Waals surface area contributed by atoms with Gasteiger partial charge in [-0.2, -0.15) is 0 Å². The number of ether oxygens (including phenoxy) is 3. The van der Waals surface area contributed by atoms with Gasteiger partial charge in [-0.15, -0.1) is 0 Å². The summed E-state index contributed by atoms with van der Waals surface area (Å²) in [5, 5.41) is 0. The first kappa shape index (κ1) is 18.8. The lowest BCUT2D eigenvalue weighted by molar-refractivity contribution is -0.132. The average Bonchev–Trinajstić information content (AvgIpc) is 2.44. The zero-order valence-electron chi connectivity index (χ0n) is 13.4. The van der Waals surface area contributed by atoms with Crippen molar-refractivity contribution in [3.63, 3.8) is 0 Å². The van der Waals surface area contributed by atoms with Gasteiger partial charge in [0.1, 0.15) is 0 Å². The molecule has 5 nitrogen and oxygen atoms in total. The quantitative estimate of drug-likeness (QED) is 0.579. The highest BCUT2D eigenvalue weighted by molar-refractivity contribution is 4.91. The minimum Gasteiger partial charge on any atom is -0.383 e. The maximum Gasteiger partial charge on any atom is 0.158 e. The monoisotopic (exact) mass is 276 g/mol. The van der Waals surface area contributed by atoms with E-state index < -0.39 is 0 Å². The van der Waals surface area contributed by atoms with Gasteiger partial charge in [0.05, 0.1) is 6.61 Å². The second kappa shape index (κ2) is 9.66. The molecule has 0 radical (unpaired) electrons. The van der Waals surface area contributed by atoms with Gasteiger partial charge in [-0.25, -0.2) is 0 Å². The van der Waals surface area contributed by atoms with Crippen LogP contribution < -0.4 is 5.73 Å². The van der Waals surface area contributed by atoms with Crippen LogP contribution in [0, 0.1) is 0 Å². The highest BCUT2D eigenvalue weighted by Crippen LogP contribution is 2.25. The minimum absolute atomic E-state index is 0.162. The predicted molar refractivity (Wildman–Crippen MR) is 78.2 cm³/mol. The molecule has 0 aliphatic heterocycles. The third-order valence-electron chi connectivity index (χ3n) is 3.92. The Morgan fingerprint density at radius 2 is 1.79 bits per heavy atom. The highest BCUT2D eigenvalue weighted by Gasteiger charge is 2.35. The van der Waals surface area contributed by atoms with Crippen LogP contribution in [-0.4, -0.2) is 63.8 Å². The van der Waals surface area contributed by atoms with E-state index in [1.54, 1.807) is 21.3 Å². The maximum absolute atomic E-state index is 6.04. The molecule has 0 heterocycles. The van der Waals surface area contributed by atoms with E-state index in [0.29, 0.717) is 19.2 Å². The molecule has 2 unspecified atom stereocenters. The summed E-state index contributed by atoms with van der Waals surface area (Å²) in [5.74, 6) is 0. The molecular weight excluding hydrogens is 244 g/mol. The molecule has 2 N–H and O–H groups in total. The fourth-order valence-corrected chi connectivity index (χ4v) is 2.37. The summed E-state index contributed by atoms with van der Waals surface area (Å²) >= 11 is 0. The number of hydrogen-bond acceptors (Lipinski definition) is 5. The second-order valence-corrected chi connectivity index (χ2v) is 5.25. The summed E-state index contributed by atoms with van der Waals surface area (Å²) < 4.78 is 15.9. The number of methoxy groups -OCH3 is 3. The lowest BCUT2D eigenvalue weighted by atomic mass is 9.92. The largest absolute Gasteiger partial charge is 0.383 e. The molecule has 116 valence electrons. The first-order valence-corrected chi connectivity index (χ1v) is 7.00. The third kappa shape index (κ3) is 5.75. The molecule has 0 saturated heterocycles. The average molecular weight is 276 g/mol. The van der Waals surface area contributed by atoms with Crippen molar-refractivity contribution >= 4 is 0 Å². The molecule has 0 fully saturated rings. The lowest BCUT2D eigenvalue weighted by Crippen LogP contribution is -2.57. The SMILES string of the molecule is CCC(C)N(CCOC)C(C)(CN)CC(OC)OC. The smallest absolute Gasteiger partial charge is 0.158 e. The van der Waals surface area contributed by atoms with E-state index in [4.69, 9.17) is 19.9 Å². The molecule has 0 saturated carbocycles. The Bertz CT molecular complexity index is 225. The van der Waals surface area contributed by atoms with E-state index in [1.165, 1.54) is 0 Å². The third-order valence-corrected chi connectivity index (χ3v) is 3.92. The van der Waals surface area contributed by atoms with Crippen molar-refractivity contribution in [1.29, 1.82) is 0 Å². The van der Waals surface area contributed by atoms with Gasteiger partial charge >= 0.3 is 0 Å². The lowest BCUT2D eigenvalue weighted by Gasteiger charge is -2.45. The van der Waals surface area contributed by atoms with E-state index in [9.17, 15) is 0 Å². The highest BCUT2D eigenvalue weighted by atomic mass is 16.7. The molecule has 5 heteroatoms. The van der Waals surface area contributed by atoms with Gasteiger partial charge in [-0.1, -0.05) is 6.92 Å². The van der Waals surface area contributed by atoms with Gasteiger partial charge in [0.2, 0.25) is 0 Å². The number of nitrogens with zero attached hydrogens (tertiary/aromatic N) is 1. The predicted octanol–water partition coefficient (Wildman–Crippen LogP) is 1.46. The molecule has 0 bridgehead atoms. The van der Waals surface area contributed by atoms with E-state index in [2.05, 4.69) is 25.7 Å². The number of nitrogens with two attached hydrogens (primary N) is 1.